The van der Waals surface area contributed by atoms with Crippen molar-refractivity contribution < 1.29 is 14.6 Å². The summed E-state index contributed by atoms with van der Waals surface area (Å²) in [5.41, 5.74) is 1.80. The number of likely N-dealkylation sites (tertiary alicyclic amines) is 1. The van der Waals surface area contributed by atoms with Crippen LogP contribution >= 0.6 is 0 Å². The lowest BCUT2D eigenvalue weighted by Crippen LogP contribution is -2.35. The molecular weight excluding hydrogens is 266 g/mol. The first-order chi connectivity index (χ1) is 10.1. The Morgan fingerprint density at radius 1 is 1.29 bits per heavy atom. The number of aliphatic hydroxyl groups is 1. The van der Waals surface area contributed by atoms with E-state index in [1.54, 1.807) is 6.92 Å². The van der Waals surface area contributed by atoms with Gasteiger partial charge in [0.15, 0.2) is 6.61 Å². The molecule has 0 bridgehead atoms. The molecule has 1 aliphatic rings. The largest absolute Gasteiger partial charge is 0.483 e. The van der Waals surface area contributed by atoms with Crippen molar-refractivity contribution >= 4 is 5.91 Å². The third-order valence-corrected chi connectivity index (χ3v) is 3.93. The highest BCUT2D eigenvalue weighted by atomic mass is 16.5. The summed E-state index contributed by atoms with van der Waals surface area (Å²) < 4.78 is 5.66. The average molecular weight is 291 g/mol. The van der Waals surface area contributed by atoms with E-state index in [1.807, 2.05) is 30.0 Å². The number of benzene rings is 1. The van der Waals surface area contributed by atoms with Crippen LogP contribution in [0.4, 0.5) is 0 Å². The first kappa shape index (κ1) is 15.8. The highest BCUT2D eigenvalue weighted by Gasteiger charge is 2.17. The number of ether oxygens (including phenoxy) is 1. The second-order valence-corrected chi connectivity index (χ2v) is 5.80. The molecule has 0 aliphatic carbocycles. The van der Waals surface area contributed by atoms with E-state index in [-0.39, 0.29) is 12.5 Å². The van der Waals surface area contributed by atoms with Gasteiger partial charge in [0.2, 0.25) is 0 Å². The third-order valence-electron chi connectivity index (χ3n) is 3.93. The summed E-state index contributed by atoms with van der Waals surface area (Å²) in [6, 6.07) is 5.65. The Hall–Kier alpha value is -1.55. The average Bonchev–Trinajstić information content (AvgIpc) is 2.74. The van der Waals surface area contributed by atoms with E-state index in [0.717, 1.165) is 37.1 Å². The summed E-state index contributed by atoms with van der Waals surface area (Å²) in [5.74, 6) is 0.632. The molecule has 0 radical (unpaired) electrons. The van der Waals surface area contributed by atoms with Gasteiger partial charge in [-0.15, -0.1) is 0 Å². The molecule has 1 amide bonds. The van der Waals surface area contributed by atoms with E-state index >= 15 is 0 Å². The highest BCUT2D eigenvalue weighted by Crippen LogP contribution is 2.26. The van der Waals surface area contributed by atoms with Crippen molar-refractivity contribution in [3.05, 3.63) is 29.3 Å². The Labute approximate surface area is 126 Å². The van der Waals surface area contributed by atoms with Gasteiger partial charge in [-0.25, -0.2) is 0 Å². The number of aliphatic hydroxyl groups excluding tert-OH is 1. The minimum absolute atomic E-state index is 0.0361. The summed E-state index contributed by atoms with van der Waals surface area (Å²) in [5, 5.41) is 9.80. The van der Waals surface area contributed by atoms with Crippen LogP contribution in [0, 0.1) is 6.92 Å². The van der Waals surface area contributed by atoms with Gasteiger partial charge < -0.3 is 14.7 Å². The standard InChI is InChI=1S/C17H25NO3/c1-13-7-8-16(15(11-13)14(2)19)21-12-17(20)18-9-5-3-4-6-10-18/h7-8,11,14,19H,3-6,9-10,12H2,1-2H3. The maximum Gasteiger partial charge on any atom is 0.260 e. The summed E-state index contributed by atoms with van der Waals surface area (Å²) in [7, 11) is 0. The molecule has 21 heavy (non-hydrogen) atoms. The topological polar surface area (TPSA) is 49.8 Å². The second-order valence-electron chi connectivity index (χ2n) is 5.80. The number of hydrogen-bond acceptors (Lipinski definition) is 3. The Kier molecular flexibility index (Phi) is 5.62. The van der Waals surface area contributed by atoms with Crippen LogP contribution in [0.1, 0.15) is 49.8 Å². The Bertz CT molecular complexity index is 477. The molecule has 1 N–H and O–H groups in total. The first-order valence-electron chi connectivity index (χ1n) is 7.77. The summed E-state index contributed by atoms with van der Waals surface area (Å²) >= 11 is 0. The van der Waals surface area contributed by atoms with Crippen LogP contribution in [0.25, 0.3) is 0 Å². The fraction of sp³-hybridized carbons (Fsp3) is 0.588. The van der Waals surface area contributed by atoms with E-state index in [1.165, 1.54) is 12.8 Å². The molecule has 1 atom stereocenters. The zero-order valence-electron chi connectivity index (χ0n) is 13.0. The zero-order chi connectivity index (χ0) is 15.2. The Morgan fingerprint density at radius 3 is 2.57 bits per heavy atom. The van der Waals surface area contributed by atoms with Crippen molar-refractivity contribution in [1.29, 1.82) is 0 Å². The minimum atomic E-state index is -0.604. The van der Waals surface area contributed by atoms with Crippen LogP contribution in [-0.4, -0.2) is 35.6 Å². The van der Waals surface area contributed by atoms with Crippen LogP contribution in [0.3, 0.4) is 0 Å². The van der Waals surface area contributed by atoms with Crippen LogP contribution in [0.5, 0.6) is 5.75 Å². The van der Waals surface area contributed by atoms with Gasteiger partial charge in [-0.2, -0.15) is 0 Å². The molecule has 0 aromatic heterocycles. The van der Waals surface area contributed by atoms with E-state index in [9.17, 15) is 9.90 Å². The number of amides is 1. The maximum atomic E-state index is 12.2. The molecule has 0 saturated carbocycles. The molecule has 1 saturated heterocycles. The molecule has 1 aliphatic heterocycles. The fourth-order valence-corrected chi connectivity index (χ4v) is 2.68. The van der Waals surface area contributed by atoms with Gasteiger partial charge in [-0.3, -0.25) is 4.79 Å². The molecule has 0 spiro atoms. The quantitative estimate of drug-likeness (QED) is 0.928. The van der Waals surface area contributed by atoms with Crippen LogP contribution in [0.2, 0.25) is 0 Å². The second kappa shape index (κ2) is 7.46. The number of carbonyl (C=O) groups excluding carboxylic acids is 1. The molecule has 1 fully saturated rings. The van der Waals surface area contributed by atoms with Gasteiger partial charge in [-0.1, -0.05) is 24.5 Å². The number of rotatable bonds is 4. The molecular formula is C17H25NO3. The number of nitrogens with zero attached hydrogens (tertiary/aromatic N) is 1. The Morgan fingerprint density at radius 2 is 1.95 bits per heavy atom. The predicted octanol–water partition coefficient (Wildman–Crippen LogP) is 2.83. The zero-order valence-corrected chi connectivity index (χ0v) is 13.0. The lowest BCUT2D eigenvalue weighted by molar-refractivity contribution is -0.133. The number of hydrogen-bond donors (Lipinski definition) is 1. The van der Waals surface area contributed by atoms with E-state index in [4.69, 9.17) is 4.74 Å². The van der Waals surface area contributed by atoms with Gasteiger partial charge in [0, 0.05) is 18.7 Å². The van der Waals surface area contributed by atoms with Gasteiger partial charge in [0.05, 0.1) is 6.10 Å². The normalized spacial score (nSPS) is 17.2. The number of carbonyl (C=O) groups is 1. The van der Waals surface area contributed by atoms with Crippen molar-refractivity contribution in [2.24, 2.45) is 0 Å². The lowest BCUT2D eigenvalue weighted by atomic mass is 10.1. The number of aryl methyl sites for hydroxylation is 1. The first-order valence-corrected chi connectivity index (χ1v) is 7.77. The van der Waals surface area contributed by atoms with E-state index < -0.39 is 6.10 Å². The molecule has 1 heterocycles. The molecule has 1 unspecified atom stereocenters. The fourth-order valence-electron chi connectivity index (χ4n) is 2.68. The van der Waals surface area contributed by atoms with Crippen LogP contribution < -0.4 is 4.74 Å². The summed E-state index contributed by atoms with van der Waals surface area (Å²) in [6.45, 7) is 5.39. The van der Waals surface area contributed by atoms with Gasteiger partial charge in [-0.05, 0) is 38.8 Å². The third kappa shape index (κ3) is 4.46. The van der Waals surface area contributed by atoms with Crippen molar-refractivity contribution in [2.45, 2.75) is 45.6 Å². The van der Waals surface area contributed by atoms with Crippen molar-refractivity contribution in [2.75, 3.05) is 19.7 Å². The monoisotopic (exact) mass is 291 g/mol. The summed E-state index contributed by atoms with van der Waals surface area (Å²) in [6.07, 6.45) is 3.96. The highest BCUT2D eigenvalue weighted by molar-refractivity contribution is 5.77. The molecule has 116 valence electrons. The van der Waals surface area contributed by atoms with Crippen LogP contribution in [-0.2, 0) is 4.79 Å². The Balaban J connectivity index is 1.97. The van der Waals surface area contributed by atoms with E-state index in [2.05, 4.69) is 0 Å². The summed E-state index contributed by atoms with van der Waals surface area (Å²) in [4.78, 5) is 14.1. The van der Waals surface area contributed by atoms with Gasteiger partial charge in [0.1, 0.15) is 5.75 Å². The van der Waals surface area contributed by atoms with Crippen molar-refractivity contribution in [3.63, 3.8) is 0 Å². The molecule has 1 aromatic carbocycles. The predicted molar refractivity (Wildman–Crippen MR) is 82.4 cm³/mol. The minimum Gasteiger partial charge on any atom is -0.483 e. The van der Waals surface area contributed by atoms with Crippen LogP contribution in [0.15, 0.2) is 18.2 Å². The van der Waals surface area contributed by atoms with Crippen molar-refractivity contribution in [3.8, 4) is 5.75 Å². The lowest BCUT2D eigenvalue weighted by Gasteiger charge is -2.21. The van der Waals surface area contributed by atoms with Crippen molar-refractivity contribution in [1.82, 2.24) is 4.90 Å². The van der Waals surface area contributed by atoms with Gasteiger partial charge >= 0.3 is 0 Å². The smallest absolute Gasteiger partial charge is 0.260 e. The van der Waals surface area contributed by atoms with Gasteiger partial charge in [0.25, 0.3) is 5.91 Å². The molecule has 1 aromatic rings. The SMILES string of the molecule is Cc1ccc(OCC(=O)N2CCCCCC2)c(C(C)O)c1. The molecule has 4 heteroatoms. The molecule has 2 rings (SSSR count). The van der Waals surface area contributed by atoms with E-state index in [0.29, 0.717) is 5.75 Å². The molecule has 4 nitrogen and oxygen atoms in total. The maximum absolute atomic E-state index is 12.2.